The van der Waals surface area contributed by atoms with Gasteiger partial charge in [-0.2, -0.15) is 5.10 Å². The number of hydrogen-bond donors (Lipinski definition) is 1. The zero-order valence-corrected chi connectivity index (χ0v) is 14.6. The molecule has 1 heterocycles. The van der Waals surface area contributed by atoms with Crippen LogP contribution in [0.1, 0.15) is 22.4 Å². The van der Waals surface area contributed by atoms with Gasteiger partial charge in [-0.3, -0.25) is 5.10 Å². The zero-order chi connectivity index (χ0) is 17.8. The molecule has 0 radical (unpaired) electrons. The Kier molecular flexibility index (Phi) is 4.98. The number of benzene rings is 2. The van der Waals surface area contributed by atoms with Crippen LogP contribution in [0, 0.1) is 19.7 Å². The molecule has 3 nitrogen and oxygen atoms in total. The van der Waals surface area contributed by atoms with E-state index in [9.17, 15) is 4.39 Å². The maximum absolute atomic E-state index is 14.1. The molecule has 0 unspecified atom stereocenters. The first kappa shape index (κ1) is 17.0. The molecule has 3 rings (SSSR count). The molecule has 0 bridgehead atoms. The summed E-state index contributed by atoms with van der Waals surface area (Å²) in [4.78, 5) is 0. The highest BCUT2D eigenvalue weighted by atomic mass is 19.1. The molecule has 1 N–H and O–H groups in total. The van der Waals surface area contributed by atoms with Crippen molar-refractivity contribution in [3.8, 4) is 17.0 Å². The first-order valence-electron chi connectivity index (χ1n) is 8.19. The maximum Gasteiger partial charge on any atom is 0.136 e. The summed E-state index contributed by atoms with van der Waals surface area (Å²) in [6.45, 7) is 4.23. The molecule has 0 aliphatic carbocycles. The monoisotopic (exact) mass is 336 g/mol. The summed E-state index contributed by atoms with van der Waals surface area (Å²) in [5, 5.41) is 7.13. The highest BCUT2D eigenvalue weighted by Crippen LogP contribution is 2.25. The summed E-state index contributed by atoms with van der Waals surface area (Å²) in [5.74, 6) is 0.141. The van der Waals surface area contributed by atoms with Gasteiger partial charge in [0.2, 0.25) is 0 Å². The van der Waals surface area contributed by atoms with E-state index in [0.29, 0.717) is 17.0 Å². The van der Waals surface area contributed by atoms with E-state index in [0.717, 1.165) is 12.1 Å². The molecule has 0 aliphatic heterocycles. The van der Waals surface area contributed by atoms with Crippen molar-refractivity contribution in [2.45, 2.75) is 20.3 Å². The Bertz CT molecular complexity index is 912. The van der Waals surface area contributed by atoms with Gasteiger partial charge < -0.3 is 4.74 Å². The standard InChI is InChI=1S/C21H21FN2O/c1-14-7-8-16(11-15(14)2)5-4-6-17-12-21(24-23-17)19-10-9-18(25-3)13-20(19)22/h4,6-13H,5H2,1-3H3,(H,23,24). The molecule has 128 valence electrons. The molecule has 0 amide bonds. The second kappa shape index (κ2) is 7.34. The van der Waals surface area contributed by atoms with E-state index < -0.39 is 0 Å². The minimum Gasteiger partial charge on any atom is -0.497 e. The molecule has 0 fully saturated rings. The van der Waals surface area contributed by atoms with Gasteiger partial charge in [-0.05, 0) is 61.2 Å². The summed E-state index contributed by atoms with van der Waals surface area (Å²) in [5.41, 5.74) is 5.73. The first-order chi connectivity index (χ1) is 12.1. The van der Waals surface area contributed by atoms with Crippen molar-refractivity contribution in [1.82, 2.24) is 10.2 Å². The van der Waals surface area contributed by atoms with E-state index in [1.165, 1.54) is 29.9 Å². The van der Waals surface area contributed by atoms with Gasteiger partial charge in [0.15, 0.2) is 0 Å². The quantitative estimate of drug-likeness (QED) is 0.704. The summed E-state index contributed by atoms with van der Waals surface area (Å²) in [6.07, 6.45) is 4.88. The van der Waals surface area contributed by atoms with E-state index in [2.05, 4.69) is 48.3 Å². The predicted octanol–water partition coefficient (Wildman–Crippen LogP) is 5.10. The molecule has 3 aromatic rings. The summed E-state index contributed by atoms with van der Waals surface area (Å²) < 4.78 is 19.1. The molecule has 4 heteroatoms. The van der Waals surface area contributed by atoms with Gasteiger partial charge in [0.1, 0.15) is 11.6 Å². The molecule has 0 aliphatic rings. The van der Waals surface area contributed by atoms with Crippen LogP contribution in [0.3, 0.4) is 0 Å². The van der Waals surface area contributed by atoms with E-state index >= 15 is 0 Å². The second-order valence-corrected chi connectivity index (χ2v) is 6.08. The van der Waals surface area contributed by atoms with Gasteiger partial charge in [0, 0.05) is 11.6 Å². The third-order valence-electron chi connectivity index (χ3n) is 4.27. The van der Waals surface area contributed by atoms with Gasteiger partial charge in [-0.25, -0.2) is 4.39 Å². The van der Waals surface area contributed by atoms with Gasteiger partial charge in [-0.1, -0.05) is 24.3 Å². The number of nitrogens with one attached hydrogen (secondary N) is 1. The second-order valence-electron chi connectivity index (χ2n) is 6.08. The van der Waals surface area contributed by atoms with Crippen LogP contribution in [0.15, 0.2) is 48.5 Å². The molecule has 2 aromatic carbocycles. The number of methoxy groups -OCH3 is 1. The molecule has 0 saturated heterocycles. The van der Waals surface area contributed by atoms with Crippen LogP contribution in [0.25, 0.3) is 17.3 Å². The van der Waals surface area contributed by atoms with Crippen molar-refractivity contribution in [1.29, 1.82) is 0 Å². The number of nitrogens with zero attached hydrogens (tertiary/aromatic N) is 1. The average Bonchev–Trinajstić information content (AvgIpc) is 3.06. The van der Waals surface area contributed by atoms with Gasteiger partial charge >= 0.3 is 0 Å². The third kappa shape index (κ3) is 3.97. The molecular weight excluding hydrogens is 315 g/mol. The van der Waals surface area contributed by atoms with Crippen LogP contribution >= 0.6 is 0 Å². The topological polar surface area (TPSA) is 37.9 Å². The van der Waals surface area contributed by atoms with Crippen LogP contribution in [0.4, 0.5) is 4.39 Å². The lowest BCUT2D eigenvalue weighted by Crippen LogP contribution is -1.88. The smallest absolute Gasteiger partial charge is 0.136 e. The highest BCUT2D eigenvalue weighted by molar-refractivity contribution is 5.64. The minimum absolute atomic E-state index is 0.350. The fourth-order valence-electron chi connectivity index (χ4n) is 2.64. The summed E-state index contributed by atoms with van der Waals surface area (Å²) in [7, 11) is 1.52. The zero-order valence-electron chi connectivity index (χ0n) is 14.6. The minimum atomic E-state index is -0.350. The van der Waals surface area contributed by atoms with Crippen LogP contribution in [-0.4, -0.2) is 17.3 Å². The van der Waals surface area contributed by atoms with E-state index in [1.807, 2.05) is 12.1 Å². The number of aromatic nitrogens is 2. The number of ether oxygens (including phenoxy) is 1. The van der Waals surface area contributed by atoms with E-state index in [1.54, 1.807) is 12.1 Å². The fraction of sp³-hybridized carbons (Fsp3) is 0.190. The van der Waals surface area contributed by atoms with Gasteiger partial charge in [0.05, 0.1) is 18.5 Å². The normalized spacial score (nSPS) is 11.2. The van der Waals surface area contributed by atoms with Crippen LogP contribution in [0.5, 0.6) is 5.75 Å². The van der Waals surface area contributed by atoms with Crippen molar-refractivity contribution in [3.05, 3.63) is 76.7 Å². The summed E-state index contributed by atoms with van der Waals surface area (Å²) in [6, 6.07) is 13.1. The third-order valence-corrected chi connectivity index (χ3v) is 4.27. The average molecular weight is 336 g/mol. The van der Waals surface area contributed by atoms with Crippen molar-refractivity contribution in [3.63, 3.8) is 0 Å². The first-order valence-corrected chi connectivity index (χ1v) is 8.19. The number of rotatable bonds is 5. The van der Waals surface area contributed by atoms with Crippen LogP contribution < -0.4 is 4.74 Å². The van der Waals surface area contributed by atoms with Crippen LogP contribution in [-0.2, 0) is 6.42 Å². The van der Waals surface area contributed by atoms with E-state index in [-0.39, 0.29) is 5.82 Å². The number of aromatic amines is 1. The molecule has 25 heavy (non-hydrogen) atoms. The van der Waals surface area contributed by atoms with Crippen molar-refractivity contribution < 1.29 is 9.13 Å². The Morgan fingerprint density at radius 3 is 2.64 bits per heavy atom. The lowest BCUT2D eigenvalue weighted by Gasteiger charge is -2.02. The largest absolute Gasteiger partial charge is 0.497 e. The lowest BCUT2D eigenvalue weighted by molar-refractivity contribution is 0.411. The molecular formula is C21H21FN2O. The number of halogens is 1. The van der Waals surface area contributed by atoms with Gasteiger partial charge in [0.25, 0.3) is 0 Å². The molecule has 0 spiro atoms. The lowest BCUT2D eigenvalue weighted by atomic mass is 10.0. The predicted molar refractivity (Wildman–Crippen MR) is 99.2 cm³/mol. The Balaban J connectivity index is 1.72. The number of H-pyrrole nitrogens is 1. The number of aryl methyl sites for hydroxylation is 2. The van der Waals surface area contributed by atoms with Crippen molar-refractivity contribution in [2.75, 3.05) is 7.11 Å². The molecule has 0 saturated carbocycles. The van der Waals surface area contributed by atoms with Crippen molar-refractivity contribution in [2.24, 2.45) is 0 Å². The fourth-order valence-corrected chi connectivity index (χ4v) is 2.64. The number of allylic oxidation sites excluding steroid dienone is 1. The Labute approximate surface area is 147 Å². The Morgan fingerprint density at radius 2 is 1.92 bits per heavy atom. The SMILES string of the molecule is COc1ccc(-c2cc(C=CCc3ccc(C)c(C)c3)[nH]n2)c(F)c1. The Hall–Kier alpha value is -2.88. The van der Waals surface area contributed by atoms with Crippen molar-refractivity contribution >= 4 is 6.08 Å². The van der Waals surface area contributed by atoms with E-state index in [4.69, 9.17) is 4.74 Å². The Morgan fingerprint density at radius 1 is 1.08 bits per heavy atom. The highest BCUT2D eigenvalue weighted by Gasteiger charge is 2.09. The van der Waals surface area contributed by atoms with Gasteiger partial charge in [-0.15, -0.1) is 0 Å². The maximum atomic E-state index is 14.1. The summed E-state index contributed by atoms with van der Waals surface area (Å²) >= 11 is 0. The number of hydrogen-bond acceptors (Lipinski definition) is 2. The molecule has 1 aromatic heterocycles. The molecule has 0 atom stereocenters. The van der Waals surface area contributed by atoms with Crippen LogP contribution in [0.2, 0.25) is 0 Å².